The molecule has 0 aliphatic carbocycles. The number of rotatable bonds is 1. The van der Waals surface area contributed by atoms with Gasteiger partial charge in [-0.25, -0.2) is 0 Å². The smallest absolute Gasteiger partial charge is 0.253 e. The molecule has 2 N–H and O–H groups in total. The molecule has 2 atom stereocenters. The van der Waals surface area contributed by atoms with Crippen molar-refractivity contribution in [1.82, 2.24) is 10.2 Å². The molecule has 2 saturated heterocycles. The Balaban J connectivity index is 0.00000156. The van der Waals surface area contributed by atoms with Crippen LogP contribution in [0.15, 0.2) is 18.2 Å². The lowest BCUT2D eigenvalue weighted by atomic mass is 9.88. The fraction of sp³-hybridized carbons (Fsp3) is 0.529. The number of carbonyl (C=O) groups excluding carboxylic acids is 2. The van der Waals surface area contributed by atoms with Crippen molar-refractivity contribution in [1.29, 1.82) is 0 Å². The van der Waals surface area contributed by atoms with Gasteiger partial charge in [-0.3, -0.25) is 9.59 Å². The van der Waals surface area contributed by atoms with Crippen LogP contribution in [0.1, 0.15) is 28.8 Å². The highest BCUT2D eigenvalue weighted by atomic mass is 35.5. The summed E-state index contributed by atoms with van der Waals surface area (Å²) >= 11 is 0. The zero-order valence-electron chi connectivity index (χ0n) is 13.0. The van der Waals surface area contributed by atoms with Gasteiger partial charge in [0, 0.05) is 30.8 Å². The third-order valence-corrected chi connectivity index (χ3v) is 5.24. The van der Waals surface area contributed by atoms with E-state index in [1.807, 2.05) is 23.1 Å². The fourth-order valence-corrected chi connectivity index (χ4v) is 3.92. The van der Waals surface area contributed by atoms with Gasteiger partial charge < -0.3 is 15.5 Å². The summed E-state index contributed by atoms with van der Waals surface area (Å²) in [4.78, 5) is 26.2. The zero-order valence-corrected chi connectivity index (χ0v) is 13.8. The van der Waals surface area contributed by atoms with E-state index in [2.05, 4.69) is 10.6 Å². The minimum absolute atomic E-state index is 0. The molecular weight excluding hydrogens is 314 g/mol. The molecule has 4 rings (SSSR count). The maximum absolute atomic E-state index is 12.8. The van der Waals surface area contributed by atoms with E-state index in [4.69, 9.17) is 0 Å². The Hall–Kier alpha value is -1.59. The zero-order chi connectivity index (χ0) is 15.1. The highest BCUT2D eigenvalue weighted by Gasteiger charge is 2.34. The van der Waals surface area contributed by atoms with Gasteiger partial charge in [-0.15, -0.1) is 12.4 Å². The molecule has 124 valence electrons. The summed E-state index contributed by atoms with van der Waals surface area (Å²) in [5, 5.41) is 6.29. The number of hydrogen-bond donors (Lipinski definition) is 2. The normalized spacial score (nSPS) is 25.9. The maximum Gasteiger partial charge on any atom is 0.253 e. The predicted molar refractivity (Wildman–Crippen MR) is 91.0 cm³/mol. The first-order valence-electron chi connectivity index (χ1n) is 8.13. The molecule has 0 spiro atoms. The summed E-state index contributed by atoms with van der Waals surface area (Å²) in [6, 6.07) is 5.66. The highest BCUT2D eigenvalue weighted by Crippen LogP contribution is 2.29. The molecule has 0 aromatic heterocycles. The molecular formula is C17H22ClN3O2. The molecule has 1 aromatic carbocycles. The Kier molecular flexibility index (Phi) is 4.60. The molecule has 5 nitrogen and oxygen atoms in total. The van der Waals surface area contributed by atoms with Crippen LogP contribution in [-0.4, -0.2) is 42.9 Å². The summed E-state index contributed by atoms with van der Waals surface area (Å²) in [6.45, 7) is 3.86. The maximum atomic E-state index is 12.8. The molecule has 0 saturated carbocycles. The number of benzene rings is 1. The number of aryl methyl sites for hydroxylation is 1. The Labute approximate surface area is 142 Å². The Bertz CT molecular complexity index is 634. The Morgan fingerprint density at radius 3 is 2.87 bits per heavy atom. The Morgan fingerprint density at radius 1 is 1.17 bits per heavy atom. The van der Waals surface area contributed by atoms with Crippen LogP contribution < -0.4 is 10.6 Å². The molecule has 1 aromatic rings. The van der Waals surface area contributed by atoms with Gasteiger partial charge >= 0.3 is 0 Å². The third-order valence-electron chi connectivity index (χ3n) is 5.24. The van der Waals surface area contributed by atoms with Gasteiger partial charge in [0.15, 0.2) is 0 Å². The van der Waals surface area contributed by atoms with Crippen molar-refractivity contribution in [3.8, 4) is 0 Å². The van der Waals surface area contributed by atoms with Crippen LogP contribution in [0.5, 0.6) is 0 Å². The van der Waals surface area contributed by atoms with E-state index in [9.17, 15) is 9.59 Å². The largest absolute Gasteiger partial charge is 0.338 e. The van der Waals surface area contributed by atoms with Crippen molar-refractivity contribution in [2.24, 2.45) is 11.8 Å². The van der Waals surface area contributed by atoms with Gasteiger partial charge in [-0.1, -0.05) is 0 Å². The fourth-order valence-electron chi connectivity index (χ4n) is 3.92. The molecule has 0 bridgehead atoms. The lowest BCUT2D eigenvalue weighted by molar-refractivity contribution is -0.116. The number of piperidine rings is 1. The van der Waals surface area contributed by atoms with Crippen molar-refractivity contribution >= 4 is 29.9 Å². The average Bonchev–Trinajstić information content (AvgIpc) is 3.01. The van der Waals surface area contributed by atoms with Crippen LogP contribution in [0.2, 0.25) is 0 Å². The Morgan fingerprint density at radius 2 is 2.00 bits per heavy atom. The topological polar surface area (TPSA) is 61.4 Å². The van der Waals surface area contributed by atoms with Gasteiger partial charge in [-0.2, -0.15) is 0 Å². The highest BCUT2D eigenvalue weighted by molar-refractivity contribution is 5.98. The van der Waals surface area contributed by atoms with Crippen LogP contribution in [0.4, 0.5) is 5.69 Å². The molecule has 0 radical (unpaired) electrons. The first kappa shape index (κ1) is 16.3. The molecule has 2 amide bonds. The van der Waals surface area contributed by atoms with Crippen molar-refractivity contribution in [2.45, 2.75) is 19.3 Å². The van der Waals surface area contributed by atoms with Crippen LogP contribution >= 0.6 is 12.4 Å². The van der Waals surface area contributed by atoms with E-state index in [-0.39, 0.29) is 24.2 Å². The summed E-state index contributed by atoms with van der Waals surface area (Å²) in [6.07, 6.45) is 2.32. The summed E-state index contributed by atoms with van der Waals surface area (Å²) in [5.74, 6) is 1.53. The van der Waals surface area contributed by atoms with E-state index in [0.29, 0.717) is 12.3 Å². The first-order chi connectivity index (χ1) is 10.7. The second kappa shape index (κ2) is 6.49. The quantitative estimate of drug-likeness (QED) is 0.820. The summed E-state index contributed by atoms with van der Waals surface area (Å²) in [7, 11) is 0. The van der Waals surface area contributed by atoms with Gasteiger partial charge in [-0.05, 0) is 61.5 Å². The van der Waals surface area contributed by atoms with Crippen molar-refractivity contribution in [3.05, 3.63) is 29.3 Å². The lowest BCUT2D eigenvalue weighted by Crippen LogP contribution is -2.43. The molecule has 6 heteroatoms. The molecule has 3 heterocycles. The van der Waals surface area contributed by atoms with Crippen LogP contribution in [0, 0.1) is 11.8 Å². The van der Waals surface area contributed by atoms with Crippen molar-refractivity contribution in [3.63, 3.8) is 0 Å². The summed E-state index contributed by atoms with van der Waals surface area (Å²) in [5.41, 5.74) is 2.67. The molecule has 3 aliphatic rings. The first-order valence-corrected chi connectivity index (χ1v) is 8.13. The van der Waals surface area contributed by atoms with Crippen molar-refractivity contribution < 1.29 is 9.59 Å². The molecule has 3 aliphatic heterocycles. The van der Waals surface area contributed by atoms with E-state index < -0.39 is 0 Å². The number of fused-ring (bicyclic) bond motifs is 2. The second-order valence-corrected chi connectivity index (χ2v) is 6.64. The predicted octanol–water partition coefficient (Wildman–Crippen LogP) is 1.67. The van der Waals surface area contributed by atoms with E-state index in [0.717, 1.165) is 61.8 Å². The number of likely N-dealkylation sites (tertiary alicyclic amines) is 1. The lowest BCUT2D eigenvalue weighted by Gasteiger charge is -2.34. The average molecular weight is 336 g/mol. The van der Waals surface area contributed by atoms with E-state index in [1.165, 1.54) is 0 Å². The number of amides is 2. The minimum Gasteiger partial charge on any atom is -0.338 e. The van der Waals surface area contributed by atoms with Gasteiger partial charge in [0.05, 0.1) is 0 Å². The third kappa shape index (κ3) is 3.08. The van der Waals surface area contributed by atoms with Crippen molar-refractivity contribution in [2.75, 3.05) is 31.5 Å². The molecule has 2 fully saturated rings. The number of halogens is 1. The van der Waals surface area contributed by atoms with Crippen LogP contribution in [-0.2, 0) is 11.2 Å². The molecule has 2 unspecified atom stereocenters. The van der Waals surface area contributed by atoms with E-state index in [1.54, 1.807) is 0 Å². The van der Waals surface area contributed by atoms with Gasteiger partial charge in [0.1, 0.15) is 0 Å². The second-order valence-electron chi connectivity index (χ2n) is 6.64. The van der Waals surface area contributed by atoms with Gasteiger partial charge in [0.25, 0.3) is 5.91 Å². The molecule has 23 heavy (non-hydrogen) atoms. The van der Waals surface area contributed by atoms with E-state index >= 15 is 0 Å². The number of carbonyl (C=O) groups is 2. The SMILES string of the molecule is Cl.O=C1CCc2cc(C(=O)N3CCC4CNCC4C3)ccc2N1. The standard InChI is InChI=1S/C17H21N3O2.ClH/c21-16-4-2-11-7-12(1-3-15(11)19-16)17(22)20-6-5-13-8-18-9-14(13)10-20;/h1,3,7,13-14,18H,2,4-6,8-10H2,(H,19,21);1H. The van der Waals surface area contributed by atoms with Gasteiger partial charge in [0.2, 0.25) is 5.91 Å². The number of anilines is 1. The van der Waals surface area contributed by atoms with Crippen LogP contribution in [0.25, 0.3) is 0 Å². The number of hydrogen-bond acceptors (Lipinski definition) is 3. The minimum atomic E-state index is 0. The monoisotopic (exact) mass is 335 g/mol. The number of nitrogens with one attached hydrogen (secondary N) is 2. The van der Waals surface area contributed by atoms with Crippen LogP contribution in [0.3, 0.4) is 0 Å². The number of nitrogens with zero attached hydrogens (tertiary/aromatic N) is 1. The summed E-state index contributed by atoms with van der Waals surface area (Å²) < 4.78 is 0.